The molecule has 2 aromatic heterocycles. The third kappa shape index (κ3) is 5.35. The summed E-state index contributed by atoms with van der Waals surface area (Å²) in [4.78, 5) is 32.6. The van der Waals surface area contributed by atoms with Crippen molar-refractivity contribution < 1.29 is 14.3 Å². The predicted molar refractivity (Wildman–Crippen MR) is 104 cm³/mol. The maximum atomic E-state index is 12.1. The number of aromatic nitrogens is 2. The van der Waals surface area contributed by atoms with Crippen molar-refractivity contribution >= 4 is 23.2 Å². The number of rotatable bonds is 6. The lowest BCUT2D eigenvalue weighted by Crippen LogP contribution is -2.45. The van der Waals surface area contributed by atoms with Crippen LogP contribution in [0.1, 0.15) is 38.8 Å². The van der Waals surface area contributed by atoms with E-state index in [0.29, 0.717) is 17.5 Å². The fourth-order valence-corrected chi connectivity index (χ4v) is 4.20. The van der Waals surface area contributed by atoms with Crippen LogP contribution in [0.5, 0.6) is 0 Å². The SMILES string of the molecule is C[C@@H]1[C@H](C)CCC[C@@H]1NC(=O)COC(=O)Cc1csc(-c2cccnc2)n1. The van der Waals surface area contributed by atoms with Crippen LogP contribution in [-0.2, 0) is 20.7 Å². The zero-order valence-electron chi connectivity index (χ0n) is 15.7. The van der Waals surface area contributed by atoms with Gasteiger partial charge in [-0.3, -0.25) is 14.6 Å². The van der Waals surface area contributed by atoms with Gasteiger partial charge in [0.2, 0.25) is 0 Å². The Morgan fingerprint density at radius 3 is 2.96 bits per heavy atom. The van der Waals surface area contributed by atoms with Crippen molar-refractivity contribution in [2.45, 2.75) is 45.6 Å². The minimum absolute atomic E-state index is 0.0565. The quantitative estimate of drug-likeness (QED) is 0.770. The van der Waals surface area contributed by atoms with Gasteiger partial charge < -0.3 is 10.1 Å². The second kappa shape index (κ2) is 9.08. The fraction of sp³-hybridized carbons (Fsp3) is 0.500. The van der Waals surface area contributed by atoms with E-state index in [1.165, 1.54) is 17.8 Å². The Kier molecular flexibility index (Phi) is 6.55. The molecule has 1 saturated carbocycles. The maximum absolute atomic E-state index is 12.1. The van der Waals surface area contributed by atoms with E-state index in [1.807, 2.05) is 17.5 Å². The Hall–Kier alpha value is -2.28. The molecule has 1 aliphatic carbocycles. The average Bonchev–Trinajstić information content (AvgIpc) is 3.13. The van der Waals surface area contributed by atoms with E-state index in [2.05, 4.69) is 29.1 Å². The van der Waals surface area contributed by atoms with Crippen LogP contribution in [0, 0.1) is 11.8 Å². The number of thiazole rings is 1. The minimum atomic E-state index is -0.446. The highest BCUT2D eigenvalue weighted by Crippen LogP contribution is 2.29. The summed E-state index contributed by atoms with van der Waals surface area (Å²) in [5, 5.41) is 5.64. The second-order valence-corrected chi connectivity index (χ2v) is 8.02. The topological polar surface area (TPSA) is 81.2 Å². The van der Waals surface area contributed by atoms with Crippen LogP contribution in [0.15, 0.2) is 29.9 Å². The van der Waals surface area contributed by atoms with Crippen LogP contribution in [0.25, 0.3) is 10.6 Å². The smallest absolute Gasteiger partial charge is 0.312 e. The summed E-state index contributed by atoms with van der Waals surface area (Å²) in [6.07, 6.45) is 6.81. The summed E-state index contributed by atoms with van der Waals surface area (Å²) in [7, 11) is 0. The molecule has 1 amide bonds. The average molecular weight is 388 g/mol. The molecular weight excluding hydrogens is 362 g/mol. The van der Waals surface area contributed by atoms with Gasteiger partial charge in [0.15, 0.2) is 6.61 Å². The van der Waals surface area contributed by atoms with Crippen molar-refractivity contribution in [1.82, 2.24) is 15.3 Å². The molecule has 0 bridgehead atoms. The van der Waals surface area contributed by atoms with Gasteiger partial charge in [0.1, 0.15) is 5.01 Å². The number of nitrogens with one attached hydrogen (secondary N) is 1. The molecule has 0 aliphatic heterocycles. The lowest BCUT2D eigenvalue weighted by atomic mass is 9.78. The van der Waals surface area contributed by atoms with Gasteiger partial charge in [-0.1, -0.05) is 26.7 Å². The van der Waals surface area contributed by atoms with E-state index < -0.39 is 5.97 Å². The molecule has 1 N–H and O–H groups in total. The molecule has 2 heterocycles. The summed E-state index contributed by atoms with van der Waals surface area (Å²) in [6.45, 7) is 4.15. The summed E-state index contributed by atoms with van der Waals surface area (Å²) >= 11 is 1.45. The molecule has 144 valence electrons. The van der Waals surface area contributed by atoms with E-state index in [0.717, 1.165) is 23.4 Å². The molecule has 3 rings (SSSR count). The molecule has 0 spiro atoms. The van der Waals surface area contributed by atoms with Gasteiger partial charge in [-0.15, -0.1) is 11.3 Å². The van der Waals surface area contributed by atoms with Gasteiger partial charge >= 0.3 is 5.97 Å². The maximum Gasteiger partial charge on any atom is 0.312 e. The van der Waals surface area contributed by atoms with E-state index in [1.54, 1.807) is 12.4 Å². The summed E-state index contributed by atoms with van der Waals surface area (Å²) < 4.78 is 5.13. The molecule has 0 aromatic carbocycles. The zero-order chi connectivity index (χ0) is 19.2. The standard InChI is InChI=1S/C20H25N3O3S/c1-13-5-3-7-17(14(13)2)23-18(24)11-26-19(25)9-16-12-27-20(22-16)15-6-4-8-21-10-15/h4,6,8,10,12-14,17H,3,5,7,9,11H2,1-2H3,(H,23,24)/t13-,14-,17+/m1/s1. The number of carbonyl (C=O) groups is 2. The van der Waals surface area contributed by atoms with Crippen molar-refractivity contribution in [3.05, 3.63) is 35.6 Å². The lowest BCUT2D eigenvalue weighted by molar-refractivity contribution is -0.148. The summed E-state index contributed by atoms with van der Waals surface area (Å²) in [5.74, 6) is 0.367. The summed E-state index contributed by atoms with van der Waals surface area (Å²) in [5.41, 5.74) is 1.55. The highest BCUT2D eigenvalue weighted by Gasteiger charge is 2.28. The molecular formula is C20H25N3O3S. The van der Waals surface area contributed by atoms with Crippen LogP contribution < -0.4 is 5.32 Å². The first-order chi connectivity index (χ1) is 13.0. The largest absolute Gasteiger partial charge is 0.455 e. The molecule has 0 unspecified atom stereocenters. The molecule has 0 saturated heterocycles. The van der Waals surface area contributed by atoms with Gasteiger partial charge in [-0.05, 0) is 30.4 Å². The first kappa shape index (κ1) is 19.5. The Labute approximate surface area is 163 Å². The number of ether oxygens (including phenoxy) is 1. The van der Waals surface area contributed by atoms with Crippen molar-refractivity contribution in [3.8, 4) is 10.6 Å². The third-order valence-corrected chi connectivity index (χ3v) is 6.14. The number of carbonyl (C=O) groups excluding carboxylic acids is 2. The van der Waals surface area contributed by atoms with Crippen LogP contribution in [0.4, 0.5) is 0 Å². The van der Waals surface area contributed by atoms with Crippen molar-refractivity contribution in [2.24, 2.45) is 11.8 Å². The Morgan fingerprint density at radius 1 is 1.33 bits per heavy atom. The number of pyridine rings is 1. The third-order valence-electron chi connectivity index (χ3n) is 5.20. The van der Waals surface area contributed by atoms with Crippen molar-refractivity contribution in [2.75, 3.05) is 6.61 Å². The number of nitrogens with zero attached hydrogens (tertiary/aromatic N) is 2. The number of amides is 1. The molecule has 2 aromatic rings. The van der Waals surface area contributed by atoms with Crippen LogP contribution in [0.3, 0.4) is 0 Å². The zero-order valence-corrected chi connectivity index (χ0v) is 16.5. The molecule has 1 aliphatic rings. The number of hydrogen-bond donors (Lipinski definition) is 1. The Balaban J connectivity index is 1.44. The molecule has 3 atom stereocenters. The second-order valence-electron chi connectivity index (χ2n) is 7.16. The van der Waals surface area contributed by atoms with Crippen LogP contribution in [-0.4, -0.2) is 34.5 Å². The first-order valence-electron chi connectivity index (χ1n) is 9.32. The van der Waals surface area contributed by atoms with Crippen molar-refractivity contribution in [3.63, 3.8) is 0 Å². The number of esters is 1. The fourth-order valence-electron chi connectivity index (χ4n) is 3.39. The molecule has 0 radical (unpaired) electrons. The van der Waals surface area contributed by atoms with E-state index in [-0.39, 0.29) is 25.0 Å². The molecule has 1 fully saturated rings. The molecule has 6 nitrogen and oxygen atoms in total. The summed E-state index contributed by atoms with van der Waals surface area (Å²) in [6, 6.07) is 3.93. The highest BCUT2D eigenvalue weighted by molar-refractivity contribution is 7.13. The normalized spacial score (nSPS) is 22.2. The van der Waals surface area contributed by atoms with Gasteiger partial charge in [-0.2, -0.15) is 0 Å². The van der Waals surface area contributed by atoms with Crippen LogP contribution in [0.2, 0.25) is 0 Å². The molecule has 27 heavy (non-hydrogen) atoms. The minimum Gasteiger partial charge on any atom is -0.455 e. The van der Waals surface area contributed by atoms with Crippen molar-refractivity contribution in [1.29, 1.82) is 0 Å². The van der Waals surface area contributed by atoms with Gasteiger partial charge in [0.05, 0.1) is 12.1 Å². The lowest BCUT2D eigenvalue weighted by Gasteiger charge is -2.34. The first-order valence-corrected chi connectivity index (χ1v) is 10.2. The highest BCUT2D eigenvalue weighted by atomic mass is 32.1. The van der Waals surface area contributed by atoms with Crippen LogP contribution >= 0.6 is 11.3 Å². The Bertz CT molecular complexity index is 778. The van der Waals surface area contributed by atoms with E-state index in [9.17, 15) is 9.59 Å². The van der Waals surface area contributed by atoms with Gasteiger partial charge in [0.25, 0.3) is 5.91 Å². The van der Waals surface area contributed by atoms with Gasteiger partial charge in [-0.25, -0.2) is 4.98 Å². The Morgan fingerprint density at radius 2 is 2.19 bits per heavy atom. The predicted octanol–water partition coefficient (Wildman–Crippen LogP) is 3.23. The molecule has 7 heteroatoms. The van der Waals surface area contributed by atoms with Gasteiger partial charge in [0, 0.05) is 29.4 Å². The van der Waals surface area contributed by atoms with E-state index in [4.69, 9.17) is 4.74 Å². The number of hydrogen-bond acceptors (Lipinski definition) is 6. The monoisotopic (exact) mass is 387 g/mol. The van der Waals surface area contributed by atoms with E-state index >= 15 is 0 Å².